The molecule has 27 heavy (non-hydrogen) atoms. The van der Waals surface area contributed by atoms with Gasteiger partial charge in [0.15, 0.2) is 5.96 Å². The highest BCUT2D eigenvalue weighted by atomic mass is 32.1. The first-order valence-electron chi connectivity index (χ1n) is 8.56. The van der Waals surface area contributed by atoms with Crippen LogP contribution in [0.3, 0.4) is 0 Å². The third-order valence-electron chi connectivity index (χ3n) is 4.27. The van der Waals surface area contributed by atoms with Gasteiger partial charge in [-0.15, -0.1) is 11.3 Å². The third kappa shape index (κ3) is 4.15. The number of nitrogens with two attached hydrogens (primary N) is 2. The first kappa shape index (κ1) is 17.2. The highest BCUT2D eigenvalue weighted by molar-refractivity contribution is 7.13. The number of hydrogen-bond acceptors (Lipinski definition) is 5. The Balaban J connectivity index is 1.43. The van der Waals surface area contributed by atoms with Crippen molar-refractivity contribution in [2.24, 2.45) is 16.5 Å². The minimum atomic E-state index is -0.367. The van der Waals surface area contributed by atoms with Crippen LogP contribution in [0, 0.1) is 0 Å². The fourth-order valence-electron chi connectivity index (χ4n) is 2.73. The summed E-state index contributed by atoms with van der Waals surface area (Å²) in [6.07, 6.45) is 2.48. The molecule has 0 atom stereocenters. The molecule has 0 aliphatic heterocycles. The molecule has 0 bridgehead atoms. The maximum Gasteiger partial charge on any atom is 0.343 e. The minimum absolute atomic E-state index is 0.0247. The number of carbonyl (C=O) groups excluding carboxylic acids is 1. The summed E-state index contributed by atoms with van der Waals surface area (Å²) in [5, 5.41) is 2.36. The van der Waals surface area contributed by atoms with Gasteiger partial charge in [-0.2, -0.15) is 4.99 Å². The van der Waals surface area contributed by atoms with Gasteiger partial charge in [0, 0.05) is 10.9 Å². The number of nitrogens with zero attached hydrogens (tertiary/aromatic N) is 2. The molecule has 1 saturated carbocycles. The summed E-state index contributed by atoms with van der Waals surface area (Å²) in [5.41, 5.74) is 14.2. The van der Waals surface area contributed by atoms with Crippen molar-refractivity contribution in [2.75, 3.05) is 0 Å². The molecule has 0 spiro atoms. The molecule has 0 unspecified atom stereocenters. The first-order valence-corrected chi connectivity index (χ1v) is 9.44. The van der Waals surface area contributed by atoms with Gasteiger partial charge in [-0.05, 0) is 60.7 Å². The van der Waals surface area contributed by atoms with E-state index in [4.69, 9.17) is 16.2 Å². The van der Waals surface area contributed by atoms with Crippen LogP contribution in [0.15, 0.2) is 58.9 Å². The van der Waals surface area contributed by atoms with Crippen molar-refractivity contribution >= 4 is 28.4 Å². The van der Waals surface area contributed by atoms with E-state index in [0.717, 1.165) is 11.3 Å². The summed E-state index contributed by atoms with van der Waals surface area (Å²) >= 11 is 1.35. The molecular formula is C20H18N4O2S. The zero-order valence-corrected chi connectivity index (χ0v) is 15.3. The van der Waals surface area contributed by atoms with Crippen LogP contribution in [0.5, 0.6) is 5.75 Å². The first-order chi connectivity index (χ1) is 13.1. The number of aliphatic imine (C=N–C) groups is 1. The molecule has 0 saturated heterocycles. The lowest BCUT2D eigenvalue weighted by Crippen LogP contribution is -2.21. The lowest BCUT2D eigenvalue weighted by molar-refractivity contribution is 0.0735. The lowest BCUT2D eigenvalue weighted by atomic mass is 10.1. The molecule has 1 aliphatic rings. The van der Waals surface area contributed by atoms with E-state index in [1.54, 1.807) is 12.1 Å². The topological polar surface area (TPSA) is 104 Å². The number of carbonyl (C=O) groups is 1. The molecule has 1 fully saturated rings. The smallest absolute Gasteiger partial charge is 0.343 e. The maximum atomic E-state index is 12.3. The molecule has 0 radical (unpaired) electrons. The van der Waals surface area contributed by atoms with Crippen molar-refractivity contribution in [2.45, 2.75) is 18.8 Å². The van der Waals surface area contributed by atoms with Crippen molar-refractivity contribution in [1.82, 2.24) is 4.98 Å². The number of ether oxygens (including phenoxy) is 1. The number of rotatable bonds is 5. The summed E-state index contributed by atoms with van der Waals surface area (Å²) in [7, 11) is 0. The summed E-state index contributed by atoms with van der Waals surface area (Å²) in [4.78, 5) is 20.6. The average Bonchev–Trinajstić information content (AvgIpc) is 3.42. The predicted octanol–water partition coefficient (Wildman–Crippen LogP) is 3.81. The van der Waals surface area contributed by atoms with Gasteiger partial charge < -0.3 is 16.2 Å². The SMILES string of the molecule is NC(N)=Nc1nc(-c2ccc(OC(=O)c3ccc(C4CC4)cc3)cc2)cs1. The number of guanidine groups is 1. The van der Waals surface area contributed by atoms with Crippen LogP contribution in [0.2, 0.25) is 0 Å². The maximum absolute atomic E-state index is 12.3. The Morgan fingerprint density at radius 1 is 1.07 bits per heavy atom. The molecule has 1 aromatic heterocycles. The largest absolute Gasteiger partial charge is 0.423 e. The Morgan fingerprint density at radius 2 is 1.78 bits per heavy atom. The lowest BCUT2D eigenvalue weighted by Gasteiger charge is -2.06. The minimum Gasteiger partial charge on any atom is -0.423 e. The van der Waals surface area contributed by atoms with Crippen LogP contribution >= 0.6 is 11.3 Å². The van der Waals surface area contributed by atoms with Crippen LogP contribution in [0.1, 0.15) is 34.7 Å². The summed E-state index contributed by atoms with van der Waals surface area (Å²) in [6, 6.07) is 14.8. The second-order valence-corrected chi connectivity index (χ2v) is 7.20. The Morgan fingerprint density at radius 3 is 2.41 bits per heavy atom. The van der Waals surface area contributed by atoms with E-state index in [9.17, 15) is 4.79 Å². The molecule has 1 aliphatic carbocycles. The van der Waals surface area contributed by atoms with Crippen LogP contribution in [-0.2, 0) is 0 Å². The molecule has 0 amide bonds. The number of esters is 1. The van der Waals surface area contributed by atoms with Crippen LogP contribution in [0.4, 0.5) is 5.13 Å². The van der Waals surface area contributed by atoms with Crippen molar-refractivity contribution < 1.29 is 9.53 Å². The van der Waals surface area contributed by atoms with Gasteiger partial charge in [0.1, 0.15) is 5.75 Å². The highest BCUT2D eigenvalue weighted by Crippen LogP contribution is 2.39. The standard InChI is InChI=1S/C20H18N4O2S/c21-19(22)24-20-23-17(11-27-20)14-7-9-16(10-8-14)26-18(25)15-5-3-13(4-6-15)12-1-2-12/h3-12H,1-2H2,(H4,21,22,23,24). The number of aromatic nitrogens is 1. The molecule has 4 rings (SSSR count). The molecule has 136 valence electrons. The van der Waals surface area contributed by atoms with Gasteiger partial charge in [0.05, 0.1) is 11.3 Å². The number of hydrogen-bond donors (Lipinski definition) is 2. The Kier molecular flexibility index (Phi) is 4.60. The van der Waals surface area contributed by atoms with Gasteiger partial charge in [0.25, 0.3) is 0 Å². The fraction of sp³-hybridized carbons (Fsp3) is 0.150. The van der Waals surface area contributed by atoms with Crippen molar-refractivity contribution in [3.63, 3.8) is 0 Å². The van der Waals surface area contributed by atoms with E-state index in [0.29, 0.717) is 22.4 Å². The summed E-state index contributed by atoms with van der Waals surface area (Å²) in [5.74, 6) is 0.757. The second-order valence-electron chi connectivity index (χ2n) is 6.36. The summed E-state index contributed by atoms with van der Waals surface area (Å²) in [6.45, 7) is 0. The van der Waals surface area contributed by atoms with E-state index < -0.39 is 0 Å². The molecule has 3 aromatic rings. The van der Waals surface area contributed by atoms with Gasteiger partial charge in [0.2, 0.25) is 5.13 Å². The average molecular weight is 378 g/mol. The van der Waals surface area contributed by atoms with Crippen molar-refractivity contribution in [3.05, 3.63) is 65.0 Å². The van der Waals surface area contributed by atoms with Gasteiger partial charge in [-0.3, -0.25) is 0 Å². The van der Waals surface area contributed by atoms with Gasteiger partial charge >= 0.3 is 5.97 Å². The van der Waals surface area contributed by atoms with Crippen LogP contribution < -0.4 is 16.2 Å². The fourth-order valence-corrected chi connectivity index (χ4v) is 3.44. The molecular weight excluding hydrogens is 360 g/mol. The number of benzene rings is 2. The molecule has 1 heterocycles. The van der Waals surface area contributed by atoms with E-state index in [2.05, 4.69) is 9.98 Å². The van der Waals surface area contributed by atoms with E-state index in [-0.39, 0.29) is 11.9 Å². The van der Waals surface area contributed by atoms with E-state index in [1.807, 2.05) is 41.8 Å². The zero-order chi connectivity index (χ0) is 18.8. The predicted molar refractivity (Wildman–Crippen MR) is 106 cm³/mol. The third-order valence-corrected chi connectivity index (χ3v) is 5.01. The van der Waals surface area contributed by atoms with Gasteiger partial charge in [-0.25, -0.2) is 9.78 Å². The monoisotopic (exact) mass is 378 g/mol. The van der Waals surface area contributed by atoms with Crippen LogP contribution in [-0.4, -0.2) is 16.9 Å². The quantitative estimate of drug-likeness (QED) is 0.304. The Bertz CT molecular complexity index is 986. The van der Waals surface area contributed by atoms with E-state index >= 15 is 0 Å². The molecule has 2 aromatic carbocycles. The normalized spacial score (nSPS) is 13.2. The molecule has 4 N–H and O–H groups in total. The van der Waals surface area contributed by atoms with Crippen molar-refractivity contribution in [1.29, 1.82) is 0 Å². The Labute approximate surface area is 160 Å². The van der Waals surface area contributed by atoms with E-state index in [1.165, 1.54) is 29.7 Å². The van der Waals surface area contributed by atoms with Crippen LogP contribution in [0.25, 0.3) is 11.3 Å². The summed E-state index contributed by atoms with van der Waals surface area (Å²) < 4.78 is 5.45. The highest BCUT2D eigenvalue weighted by Gasteiger charge is 2.23. The van der Waals surface area contributed by atoms with Gasteiger partial charge in [-0.1, -0.05) is 12.1 Å². The molecule has 6 nitrogen and oxygen atoms in total. The number of thiazole rings is 1. The van der Waals surface area contributed by atoms with Crippen molar-refractivity contribution in [3.8, 4) is 17.0 Å². The zero-order valence-electron chi connectivity index (χ0n) is 14.5. The second kappa shape index (κ2) is 7.20. The molecule has 7 heteroatoms. The Hall–Kier alpha value is -3.19.